The van der Waals surface area contributed by atoms with Crippen molar-refractivity contribution in [3.63, 3.8) is 0 Å². The normalized spacial score (nSPS) is 10.2. The second-order valence-corrected chi connectivity index (χ2v) is 5.92. The van der Waals surface area contributed by atoms with Crippen LogP contribution in [0, 0.1) is 0 Å². The molecular weight excluding hydrogens is 369 g/mol. The summed E-state index contributed by atoms with van der Waals surface area (Å²) in [6.45, 7) is 4.16. The number of hydrogen-bond donors (Lipinski definition) is 1. The lowest BCUT2D eigenvalue weighted by atomic mass is 10.1. The van der Waals surface area contributed by atoms with E-state index in [9.17, 15) is 0 Å². The van der Waals surface area contributed by atoms with Gasteiger partial charge in [-0.3, -0.25) is 0 Å². The van der Waals surface area contributed by atoms with E-state index in [1.165, 1.54) is 0 Å². The lowest BCUT2D eigenvalue weighted by Crippen LogP contribution is -2.17. The molecule has 0 aliphatic carbocycles. The summed E-state index contributed by atoms with van der Waals surface area (Å²) in [5.41, 5.74) is 2.24. The van der Waals surface area contributed by atoms with Gasteiger partial charge in [-0.2, -0.15) is 0 Å². The fourth-order valence-electron chi connectivity index (χ4n) is 2.28. The van der Waals surface area contributed by atoms with Crippen molar-refractivity contribution < 1.29 is 9.47 Å². The van der Waals surface area contributed by atoms with Gasteiger partial charge in [-0.1, -0.05) is 35.3 Å². The first-order valence-corrected chi connectivity index (χ1v) is 8.34. The van der Waals surface area contributed by atoms with Crippen LogP contribution in [0.4, 0.5) is 0 Å². The van der Waals surface area contributed by atoms with Crippen molar-refractivity contribution in [2.75, 3.05) is 20.3 Å². The zero-order valence-corrected chi connectivity index (χ0v) is 16.1. The van der Waals surface area contributed by atoms with Crippen molar-refractivity contribution in [1.29, 1.82) is 0 Å². The van der Waals surface area contributed by atoms with Gasteiger partial charge in [-0.15, -0.1) is 12.4 Å². The first-order valence-electron chi connectivity index (χ1n) is 7.58. The van der Waals surface area contributed by atoms with Gasteiger partial charge in [0.05, 0.1) is 13.7 Å². The standard InChI is InChI=1S/C18H21Cl2NO2.ClH/c1-3-23-18-10-13(4-7-17(18)22-2)12-21-9-8-14-5-6-15(19)11-16(14)20;/h4-7,10-11,21H,3,8-9,12H2,1-2H3;1H. The number of halogens is 3. The first kappa shape index (κ1) is 20.9. The average Bonchev–Trinajstić information content (AvgIpc) is 2.54. The van der Waals surface area contributed by atoms with Gasteiger partial charge in [-0.05, 0) is 55.3 Å². The van der Waals surface area contributed by atoms with Gasteiger partial charge in [0.25, 0.3) is 0 Å². The van der Waals surface area contributed by atoms with Gasteiger partial charge in [0.15, 0.2) is 11.5 Å². The number of nitrogens with one attached hydrogen (secondary N) is 1. The zero-order valence-electron chi connectivity index (χ0n) is 13.8. The van der Waals surface area contributed by atoms with Crippen molar-refractivity contribution in [1.82, 2.24) is 5.32 Å². The highest BCUT2D eigenvalue weighted by Gasteiger charge is 2.05. The summed E-state index contributed by atoms with van der Waals surface area (Å²) >= 11 is 12.1. The molecule has 0 aromatic heterocycles. The second kappa shape index (κ2) is 10.7. The highest BCUT2D eigenvalue weighted by atomic mass is 35.5. The van der Waals surface area contributed by atoms with Crippen LogP contribution in [0.2, 0.25) is 10.0 Å². The molecule has 3 nitrogen and oxygen atoms in total. The average molecular weight is 391 g/mol. The number of ether oxygens (including phenoxy) is 2. The molecule has 2 aromatic carbocycles. The number of methoxy groups -OCH3 is 1. The predicted molar refractivity (Wildman–Crippen MR) is 103 cm³/mol. The Bertz CT molecular complexity index is 650. The van der Waals surface area contributed by atoms with Gasteiger partial charge in [0.1, 0.15) is 0 Å². The van der Waals surface area contributed by atoms with Crippen LogP contribution in [0.1, 0.15) is 18.1 Å². The number of benzene rings is 2. The van der Waals surface area contributed by atoms with Crippen molar-refractivity contribution >= 4 is 35.6 Å². The Kier molecular flexibility index (Phi) is 9.30. The molecule has 2 rings (SSSR count). The fraction of sp³-hybridized carbons (Fsp3) is 0.333. The van der Waals surface area contributed by atoms with E-state index < -0.39 is 0 Å². The Labute approximate surface area is 159 Å². The minimum atomic E-state index is 0. The highest BCUT2D eigenvalue weighted by Crippen LogP contribution is 2.28. The molecule has 132 valence electrons. The topological polar surface area (TPSA) is 30.5 Å². The molecule has 0 spiro atoms. The smallest absolute Gasteiger partial charge is 0.161 e. The minimum absolute atomic E-state index is 0. The zero-order chi connectivity index (χ0) is 16.7. The predicted octanol–water partition coefficient (Wildman–Crippen LogP) is 5.15. The SMILES string of the molecule is CCOc1cc(CNCCc2ccc(Cl)cc2Cl)ccc1OC.Cl. The third-order valence-corrected chi connectivity index (χ3v) is 4.03. The maximum atomic E-state index is 6.17. The van der Waals surface area contributed by atoms with E-state index in [0.717, 1.165) is 42.1 Å². The van der Waals surface area contributed by atoms with Crippen LogP contribution < -0.4 is 14.8 Å². The van der Waals surface area contributed by atoms with Crippen molar-refractivity contribution in [3.8, 4) is 11.5 Å². The molecule has 0 saturated carbocycles. The molecule has 0 aliphatic heterocycles. The minimum Gasteiger partial charge on any atom is -0.493 e. The molecule has 0 atom stereocenters. The van der Waals surface area contributed by atoms with Crippen LogP contribution in [0.3, 0.4) is 0 Å². The van der Waals surface area contributed by atoms with E-state index in [1.807, 2.05) is 37.3 Å². The highest BCUT2D eigenvalue weighted by molar-refractivity contribution is 6.35. The van der Waals surface area contributed by atoms with E-state index in [2.05, 4.69) is 5.32 Å². The van der Waals surface area contributed by atoms with Crippen LogP contribution in [0.25, 0.3) is 0 Å². The van der Waals surface area contributed by atoms with Gasteiger partial charge in [0, 0.05) is 16.6 Å². The summed E-state index contributed by atoms with van der Waals surface area (Å²) in [5, 5.41) is 4.78. The molecule has 24 heavy (non-hydrogen) atoms. The summed E-state index contributed by atoms with van der Waals surface area (Å²) in [6.07, 6.45) is 0.852. The van der Waals surface area contributed by atoms with E-state index in [4.69, 9.17) is 32.7 Å². The molecule has 0 unspecified atom stereocenters. The molecule has 1 N–H and O–H groups in total. The number of hydrogen-bond acceptors (Lipinski definition) is 3. The van der Waals surface area contributed by atoms with Crippen molar-refractivity contribution in [3.05, 3.63) is 57.6 Å². The number of rotatable bonds is 8. The summed E-state index contributed by atoms with van der Waals surface area (Å²) < 4.78 is 10.9. The fourth-order valence-corrected chi connectivity index (χ4v) is 2.78. The Morgan fingerprint density at radius 1 is 1.04 bits per heavy atom. The van der Waals surface area contributed by atoms with Crippen LogP contribution >= 0.6 is 35.6 Å². The molecule has 0 amide bonds. The van der Waals surface area contributed by atoms with Crippen LogP contribution in [-0.4, -0.2) is 20.3 Å². The molecule has 0 heterocycles. The monoisotopic (exact) mass is 389 g/mol. The maximum Gasteiger partial charge on any atom is 0.161 e. The molecule has 2 aromatic rings. The Hall–Kier alpha value is -1.13. The quantitative estimate of drug-likeness (QED) is 0.632. The molecule has 0 radical (unpaired) electrons. The van der Waals surface area contributed by atoms with Crippen LogP contribution in [0.15, 0.2) is 36.4 Å². The van der Waals surface area contributed by atoms with E-state index in [-0.39, 0.29) is 12.4 Å². The van der Waals surface area contributed by atoms with E-state index in [0.29, 0.717) is 16.7 Å². The van der Waals surface area contributed by atoms with Gasteiger partial charge < -0.3 is 14.8 Å². The maximum absolute atomic E-state index is 6.17. The molecule has 0 bridgehead atoms. The summed E-state index contributed by atoms with van der Waals surface area (Å²) in [4.78, 5) is 0. The molecular formula is C18H22Cl3NO2. The molecule has 0 fully saturated rings. The third-order valence-electron chi connectivity index (χ3n) is 3.44. The van der Waals surface area contributed by atoms with E-state index >= 15 is 0 Å². The lowest BCUT2D eigenvalue weighted by molar-refractivity contribution is 0.310. The Balaban J connectivity index is 0.00000288. The van der Waals surface area contributed by atoms with Crippen LogP contribution in [-0.2, 0) is 13.0 Å². The van der Waals surface area contributed by atoms with Gasteiger partial charge in [-0.25, -0.2) is 0 Å². The van der Waals surface area contributed by atoms with Crippen molar-refractivity contribution in [2.24, 2.45) is 0 Å². The third kappa shape index (κ3) is 6.06. The first-order chi connectivity index (χ1) is 11.1. The van der Waals surface area contributed by atoms with Gasteiger partial charge in [0.2, 0.25) is 0 Å². The Morgan fingerprint density at radius 3 is 2.50 bits per heavy atom. The largest absolute Gasteiger partial charge is 0.493 e. The van der Waals surface area contributed by atoms with Gasteiger partial charge >= 0.3 is 0 Å². The van der Waals surface area contributed by atoms with Crippen molar-refractivity contribution in [2.45, 2.75) is 19.9 Å². The van der Waals surface area contributed by atoms with Crippen LogP contribution in [0.5, 0.6) is 11.5 Å². The lowest BCUT2D eigenvalue weighted by Gasteiger charge is -2.12. The summed E-state index contributed by atoms with van der Waals surface area (Å²) in [7, 11) is 1.64. The molecule has 0 saturated heterocycles. The molecule has 6 heteroatoms. The second-order valence-electron chi connectivity index (χ2n) is 5.08. The van der Waals surface area contributed by atoms with E-state index in [1.54, 1.807) is 13.2 Å². The summed E-state index contributed by atoms with van der Waals surface area (Å²) in [5.74, 6) is 1.53. The Morgan fingerprint density at radius 2 is 1.83 bits per heavy atom. The summed E-state index contributed by atoms with van der Waals surface area (Å²) in [6, 6.07) is 11.6. The molecule has 0 aliphatic rings.